The first kappa shape index (κ1) is 15.3. The highest BCUT2D eigenvalue weighted by Crippen LogP contribution is 2.24. The molecule has 1 fully saturated rings. The van der Waals surface area contributed by atoms with E-state index in [0.717, 1.165) is 25.1 Å². The maximum atomic E-state index is 12.0. The molecule has 1 amide bonds. The molecular formula is C15H21N3O3. The van der Waals surface area contributed by atoms with E-state index >= 15 is 0 Å². The van der Waals surface area contributed by atoms with E-state index in [-0.39, 0.29) is 17.8 Å². The summed E-state index contributed by atoms with van der Waals surface area (Å²) in [5.41, 5.74) is 1.33. The maximum absolute atomic E-state index is 12.0. The molecule has 6 nitrogen and oxygen atoms in total. The van der Waals surface area contributed by atoms with Crippen LogP contribution in [0.5, 0.6) is 0 Å². The van der Waals surface area contributed by atoms with E-state index in [1.54, 1.807) is 26.4 Å². The van der Waals surface area contributed by atoms with Crippen molar-refractivity contribution in [2.45, 2.75) is 12.8 Å². The number of nitrogens with zero attached hydrogens (tertiary/aromatic N) is 3. The van der Waals surface area contributed by atoms with Gasteiger partial charge in [-0.05, 0) is 25.0 Å². The second kappa shape index (κ2) is 6.56. The topological polar surface area (TPSA) is 62.7 Å². The Morgan fingerprint density at radius 1 is 1.43 bits per heavy atom. The molecule has 1 aromatic heterocycles. The Morgan fingerprint density at radius 3 is 2.86 bits per heavy atom. The number of methoxy groups -OCH3 is 1. The fourth-order valence-electron chi connectivity index (χ4n) is 2.53. The summed E-state index contributed by atoms with van der Waals surface area (Å²) in [5.74, 6) is -0.401. The molecule has 0 N–H and O–H groups in total. The number of piperidine rings is 1. The average Bonchev–Trinajstić information content (AvgIpc) is 2.53. The number of hydrogen-bond acceptors (Lipinski definition) is 5. The summed E-state index contributed by atoms with van der Waals surface area (Å²) in [5, 5.41) is 0. The zero-order chi connectivity index (χ0) is 15.4. The van der Waals surface area contributed by atoms with Gasteiger partial charge < -0.3 is 14.5 Å². The van der Waals surface area contributed by atoms with Crippen molar-refractivity contribution in [1.29, 1.82) is 0 Å². The number of pyridine rings is 1. The second-order valence-corrected chi connectivity index (χ2v) is 5.41. The molecule has 0 aromatic carbocycles. The molecule has 0 bridgehead atoms. The van der Waals surface area contributed by atoms with Gasteiger partial charge in [0.1, 0.15) is 5.69 Å². The van der Waals surface area contributed by atoms with Crippen molar-refractivity contribution >= 4 is 17.6 Å². The zero-order valence-corrected chi connectivity index (χ0v) is 12.7. The highest BCUT2D eigenvalue weighted by atomic mass is 16.5. The molecular weight excluding hydrogens is 270 g/mol. The fourth-order valence-corrected chi connectivity index (χ4v) is 2.53. The Hall–Kier alpha value is -2.11. The monoisotopic (exact) mass is 291 g/mol. The van der Waals surface area contributed by atoms with E-state index in [1.165, 1.54) is 12.0 Å². The van der Waals surface area contributed by atoms with Gasteiger partial charge in [-0.25, -0.2) is 0 Å². The summed E-state index contributed by atoms with van der Waals surface area (Å²) in [7, 11) is 4.82. The normalized spacial score (nSPS) is 18.2. The maximum Gasteiger partial charge on any atom is 0.310 e. The molecule has 2 rings (SSSR count). The summed E-state index contributed by atoms with van der Waals surface area (Å²) in [6, 6.07) is 3.65. The van der Waals surface area contributed by atoms with Gasteiger partial charge >= 0.3 is 5.97 Å². The van der Waals surface area contributed by atoms with Gasteiger partial charge in [0.25, 0.3) is 5.91 Å². The van der Waals surface area contributed by atoms with Crippen molar-refractivity contribution in [3.05, 3.63) is 24.0 Å². The third-order valence-corrected chi connectivity index (χ3v) is 3.69. The molecule has 1 unspecified atom stereocenters. The summed E-state index contributed by atoms with van der Waals surface area (Å²) < 4.78 is 4.83. The van der Waals surface area contributed by atoms with E-state index in [0.29, 0.717) is 12.2 Å². The third-order valence-electron chi connectivity index (χ3n) is 3.69. The molecule has 6 heteroatoms. The Morgan fingerprint density at radius 2 is 2.19 bits per heavy atom. The van der Waals surface area contributed by atoms with Gasteiger partial charge in [-0.3, -0.25) is 14.6 Å². The molecule has 1 aliphatic rings. The van der Waals surface area contributed by atoms with Crippen LogP contribution in [0.3, 0.4) is 0 Å². The van der Waals surface area contributed by atoms with E-state index in [2.05, 4.69) is 9.88 Å². The molecule has 1 aliphatic heterocycles. The minimum Gasteiger partial charge on any atom is -0.469 e. The smallest absolute Gasteiger partial charge is 0.310 e. The van der Waals surface area contributed by atoms with Crippen molar-refractivity contribution < 1.29 is 14.3 Å². The van der Waals surface area contributed by atoms with Crippen molar-refractivity contribution in [1.82, 2.24) is 9.88 Å². The lowest BCUT2D eigenvalue weighted by Crippen LogP contribution is -2.39. The molecule has 0 saturated carbocycles. The van der Waals surface area contributed by atoms with Gasteiger partial charge in [0, 0.05) is 39.1 Å². The first-order valence-electron chi connectivity index (χ1n) is 7.03. The highest BCUT2D eigenvalue weighted by Gasteiger charge is 2.27. The van der Waals surface area contributed by atoms with Crippen LogP contribution in [0.4, 0.5) is 5.69 Å². The van der Waals surface area contributed by atoms with Crippen LogP contribution in [0, 0.1) is 5.92 Å². The van der Waals surface area contributed by atoms with E-state index in [4.69, 9.17) is 4.74 Å². The zero-order valence-electron chi connectivity index (χ0n) is 12.7. The summed E-state index contributed by atoms with van der Waals surface area (Å²) in [6.07, 6.45) is 3.41. The van der Waals surface area contributed by atoms with E-state index in [9.17, 15) is 9.59 Å². The third kappa shape index (κ3) is 3.51. The van der Waals surface area contributed by atoms with Crippen molar-refractivity contribution in [2.75, 3.05) is 39.2 Å². The SMILES string of the molecule is COC(=O)C1CCCN(c2ccnc(C(=O)N(C)C)c2)C1. The lowest BCUT2D eigenvalue weighted by atomic mass is 9.98. The molecule has 1 aromatic rings. The first-order chi connectivity index (χ1) is 10.0. The Kier molecular flexibility index (Phi) is 4.77. The van der Waals surface area contributed by atoms with Crippen LogP contribution in [0.1, 0.15) is 23.3 Å². The number of anilines is 1. The van der Waals surface area contributed by atoms with Gasteiger partial charge in [-0.15, -0.1) is 0 Å². The molecule has 21 heavy (non-hydrogen) atoms. The quantitative estimate of drug-likeness (QED) is 0.782. The highest BCUT2D eigenvalue weighted by molar-refractivity contribution is 5.92. The molecule has 114 valence electrons. The number of hydrogen-bond donors (Lipinski definition) is 0. The molecule has 1 atom stereocenters. The van der Waals surface area contributed by atoms with E-state index in [1.807, 2.05) is 6.07 Å². The predicted molar refractivity (Wildman–Crippen MR) is 79.2 cm³/mol. The number of carbonyl (C=O) groups is 2. The van der Waals surface area contributed by atoms with Gasteiger partial charge in [-0.1, -0.05) is 0 Å². The largest absolute Gasteiger partial charge is 0.469 e. The summed E-state index contributed by atoms with van der Waals surface area (Å²) in [4.78, 5) is 31.4. The standard InChI is InChI=1S/C15H21N3O3/c1-17(2)14(19)13-9-12(6-7-16-13)18-8-4-5-11(10-18)15(20)21-3/h6-7,9,11H,4-5,8,10H2,1-3H3. The van der Waals surface area contributed by atoms with Crippen LogP contribution in [0.2, 0.25) is 0 Å². The van der Waals surface area contributed by atoms with Crippen LogP contribution in [0.15, 0.2) is 18.3 Å². The number of esters is 1. The molecule has 1 saturated heterocycles. The molecule has 0 radical (unpaired) electrons. The van der Waals surface area contributed by atoms with Gasteiger partial charge in [0.05, 0.1) is 13.0 Å². The number of ether oxygens (including phenoxy) is 1. The average molecular weight is 291 g/mol. The predicted octanol–water partition coefficient (Wildman–Crippen LogP) is 1.17. The number of aromatic nitrogens is 1. The van der Waals surface area contributed by atoms with Crippen LogP contribution in [0.25, 0.3) is 0 Å². The Balaban J connectivity index is 2.16. The van der Waals surface area contributed by atoms with Crippen molar-refractivity contribution in [2.24, 2.45) is 5.92 Å². The lowest BCUT2D eigenvalue weighted by molar-refractivity contribution is -0.145. The fraction of sp³-hybridized carbons (Fsp3) is 0.533. The molecule has 0 aliphatic carbocycles. The van der Waals surface area contributed by atoms with Gasteiger partial charge in [0.15, 0.2) is 0 Å². The first-order valence-corrected chi connectivity index (χ1v) is 7.03. The minimum atomic E-state index is -0.168. The van der Waals surface area contributed by atoms with Crippen LogP contribution in [-0.2, 0) is 9.53 Å². The van der Waals surface area contributed by atoms with E-state index < -0.39 is 0 Å². The van der Waals surface area contributed by atoms with Crippen LogP contribution in [-0.4, -0.2) is 56.1 Å². The van der Waals surface area contributed by atoms with Crippen molar-refractivity contribution in [3.8, 4) is 0 Å². The van der Waals surface area contributed by atoms with Gasteiger partial charge in [0.2, 0.25) is 0 Å². The Bertz CT molecular complexity index is 531. The van der Waals surface area contributed by atoms with Gasteiger partial charge in [-0.2, -0.15) is 0 Å². The minimum absolute atomic E-state index is 0.107. The second-order valence-electron chi connectivity index (χ2n) is 5.41. The molecule has 2 heterocycles. The number of carbonyl (C=O) groups excluding carboxylic acids is 2. The Labute approximate surface area is 124 Å². The summed E-state index contributed by atoms with van der Waals surface area (Å²) >= 11 is 0. The lowest BCUT2D eigenvalue weighted by Gasteiger charge is -2.33. The summed E-state index contributed by atoms with van der Waals surface area (Å²) in [6.45, 7) is 1.49. The number of amides is 1. The van der Waals surface area contributed by atoms with Crippen molar-refractivity contribution in [3.63, 3.8) is 0 Å². The molecule has 0 spiro atoms. The van der Waals surface area contributed by atoms with Crippen LogP contribution >= 0.6 is 0 Å². The number of rotatable bonds is 3. The van der Waals surface area contributed by atoms with Crippen LogP contribution < -0.4 is 4.90 Å².